The average Bonchev–Trinajstić information content (AvgIpc) is 3.36. The van der Waals surface area contributed by atoms with Crippen LogP contribution in [-0.2, 0) is 57.3 Å². The van der Waals surface area contributed by atoms with Gasteiger partial charge in [-0.2, -0.15) is 0 Å². The van der Waals surface area contributed by atoms with Crippen molar-refractivity contribution < 1.29 is 81.8 Å². The van der Waals surface area contributed by atoms with E-state index >= 15 is 0 Å². The van der Waals surface area contributed by atoms with Crippen LogP contribution in [0.15, 0.2) is 60.9 Å². The minimum Gasteiger partial charge on any atom is -0.385 e. The fourth-order valence-electron chi connectivity index (χ4n) is 8.38. The monoisotopic (exact) mass is 1160 g/mol. The number of aliphatic hydroxyl groups is 2. The lowest BCUT2D eigenvalue weighted by Crippen LogP contribution is -2.55. The first-order valence-corrected chi connectivity index (χ1v) is 29.3. The third-order valence-electron chi connectivity index (χ3n) is 13.2. The van der Waals surface area contributed by atoms with Crippen LogP contribution in [0.4, 0.5) is 17.1 Å². The van der Waals surface area contributed by atoms with Gasteiger partial charge in [0.15, 0.2) is 18.9 Å². The van der Waals surface area contributed by atoms with Crippen LogP contribution in [0.1, 0.15) is 118 Å². The first-order chi connectivity index (χ1) is 37.3. The number of hydrogen-bond acceptors (Lipinski definition) is 14. The molecule has 80 heavy (non-hydrogen) atoms. The van der Waals surface area contributed by atoms with Crippen LogP contribution < -0.4 is 53.3 Å². The van der Waals surface area contributed by atoms with Gasteiger partial charge in [-0.3, -0.25) is 42.7 Å². The zero-order valence-electron chi connectivity index (χ0n) is 46.0. The maximum absolute atomic E-state index is 14.2. The maximum atomic E-state index is 14.2. The second-order valence-corrected chi connectivity index (χ2v) is 25.8. The van der Waals surface area contributed by atoms with Gasteiger partial charge >= 0.3 is 15.2 Å². The Balaban J connectivity index is 1.30. The van der Waals surface area contributed by atoms with Crippen molar-refractivity contribution in [3.05, 3.63) is 83.2 Å². The average molecular weight is 1160 g/mol. The van der Waals surface area contributed by atoms with Gasteiger partial charge in [0.2, 0.25) is 35.4 Å². The second kappa shape index (κ2) is 29.0. The van der Waals surface area contributed by atoms with Crippen LogP contribution in [0.5, 0.6) is 0 Å². The highest BCUT2D eigenvalue weighted by Gasteiger charge is 2.59. The minimum atomic E-state index is -5.69. The Morgan fingerprint density at radius 1 is 0.863 bits per heavy atom. The summed E-state index contributed by atoms with van der Waals surface area (Å²) in [5, 5.41) is 37.2. The van der Waals surface area contributed by atoms with Gasteiger partial charge in [-0.15, -0.1) is 0 Å². The molecule has 17 N–H and O–H groups in total. The molecule has 28 heteroatoms. The molecule has 1 aliphatic rings. The van der Waals surface area contributed by atoms with E-state index in [9.17, 15) is 72.5 Å². The molecule has 0 bridgehead atoms. The summed E-state index contributed by atoms with van der Waals surface area (Å²) in [5.74, 6) is -4.18. The third-order valence-corrected chi connectivity index (χ3v) is 17.0. The molecule has 0 radical (unpaired) electrons. The van der Waals surface area contributed by atoms with Crippen molar-refractivity contribution >= 4 is 73.6 Å². The van der Waals surface area contributed by atoms with E-state index < -0.39 is 97.1 Å². The van der Waals surface area contributed by atoms with Gasteiger partial charge in [0.25, 0.3) is 11.0 Å². The predicted molar refractivity (Wildman–Crippen MR) is 295 cm³/mol. The number of pyridine rings is 1. The normalized spacial score (nSPS) is 16.5. The summed E-state index contributed by atoms with van der Waals surface area (Å²) in [5.41, 5.74) is 11.6. The Bertz CT molecular complexity index is 2780. The van der Waals surface area contributed by atoms with E-state index in [1.807, 2.05) is 34.6 Å². The number of carbonyl (C=O) groups is 7. The zero-order valence-corrected chi connectivity index (χ0v) is 47.7. The van der Waals surface area contributed by atoms with E-state index in [1.165, 1.54) is 47.3 Å². The molecule has 4 rings (SSSR count). The summed E-state index contributed by atoms with van der Waals surface area (Å²) < 4.78 is 30.9. The fourth-order valence-corrected chi connectivity index (χ4v) is 10.5. The Hall–Kier alpha value is -6.18. The van der Waals surface area contributed by atoms with Crippen LogP contribution in [-0.4, -0.2) is 127 Å². The first-order valence-electron chi connectivity index (χ1n) is 26.1. The number of unbranched alkanes of at least 4 members (excludes halogenated alkanes) is 1. The summed E-state index contributed by atoms with van der Waals surface area (Å²) in [7, 11) is -11.4. The zero-order chi connectivity index (χ0) is 59.8. The molecule has 442 valence electrons. The van der Waals surface area contributed by atoms with E-state index in [1.54, 1.807) is 25.1 Å². The van der Waals surface area contributed by atoms with Crippen molar-refractivity contribution in [3.8, 4) is 0 Å². The number of nitrogens with one attached hydrogen (secondary N) is 7. The molecule has 1 aromatic heterocycles. The number of aromatic nitrogens is 1. The molecule has 3 unspecified atom stereocenters. The number of hydrogen-bond donors (Lipinski definition) is 15. The van der Waals surface area contributed by atoms with Gasteiger partial charge in [0.1, 0.15) is 18.2 Å². The lowest BCUT2D eigenvalue weighted by Gasteiger charge is -2.29. The van der Waals surface area contributed by atoms with Crippen LogP contribution in [0.25, 0.3) is 0 Å². The number of fused-ring (bicyclic) bond motifs is 2. The molecule has 0 saturated carbocycles. The highest BCUT2D eigenvalue weighted by Crippen LogP contribution is 2.68. The molecular formula is C52H79N10O16P2+. The predicted octanol–water partition coefficient (Wildman–Crippen LogP) is 1.41. The van der Waals surface area contributed by atoms with E-state index in [-0.39, 0.29) is 99.1 Å². The number of carbonyl (C=O) groups excluding carboxylic acids is 7. The SMILES string of the molecule is CCC(C)C1NC(=O)c2cc(NC(=O)CCC(=O)NCC(C)(C)COCC(C)(C)CC(=O)NCC(O)C[n+]3cccc(CC(O)(P(=O)(O)O)P(=O)(O)O)c3)ccc2NCc2ccc(C(N)=O)cc2NC(=O)[C@H](CCCCN)NC1=O. The Morgan fingerprint density at radius 2 is 1.54 bits per heavy atom. The molecule has 0 saturated heterocycles. The number of nitrogens with zero attached hydrogens (tertiary/aromatic N) is 1. The molecule has 0 spiro atoms. The van der Waals surface area contributed by atoms with E-state index in [2.05, 4.69) is 37.2 Å². The van der Waals surface area contributed by atoms with Gasteiger partial charge in [0, 0.05) is 85.0 Å². The van der Waals surface area contributed by atoms with Crippen molar-refractivity contribution in [2.24, 2.45) is 28.2 Å². The minimum absolute atomic E-state index is 0.00715. The number of primary amides is 1. The standard InChI is InChI=1S/C52H78N10O16P2/c1-7-32(2)45-49(70)59-40(12-8-9-19-53)48(69)60-41-21-34(46(54)67)13-14-35(41)25-55-39-16-15-36(22-38(39)47(68)61-45)58-43(65)18-17-42(64)57-29-51(5,6)31-78-30-50(3,4)24-44(66)56-26-37(63)28-62-20-10-11-33(27-62)23-52(71,79(72,73)74)80(75,76)77/h10-11,13-16,20-22,27,32,37,40,45,63,71H,7-9,12,17-19,23-26,28-31,53H2,1-6H3,(H12-,54,55,56,57,58,59,60,61,64,65,66,67,68,69,70,72,73,74,75,76,77)/p+1/t32?,37?,40-,45?/m0/s1. The molecule has 0 fully saturated rings. The Morgan fingerprint density at radius 3 is 2.19 bits per heavy atom. The van der Waals surface area contributed by atoms with E-state index in [4.69, 9.17) is 16.2 Å². The van der Waals surface area contributed by atoms with Gasteiger partial charge in [-0.1, -0.05) is 54.0 Å². The lowest BCUT2D eigenvalue weighted by molar-refractivity contribution is -0.703. The second-order valence-electron chi connectivity index (χ2n) is 21.8. The van der Waals surface area contributed by atoms with Crippen molar-refractivity contribution in [2.75, 3.05) is 48.8 Å². The summed E-state index contributed by atoms with van der Waals surface area (Å²) in [6.07, 6.45) is 1.94. The summed E-state index contributed by atoms with van der Waals surface area (Å²) in [6, 6.07) is 9.71. The van der Waals surface area contributed by atoms with Crippen LogP contribution in [0.3, 0.4) is 0 Å². The number of rotatable bonds is 27. The van der Waals surface area contributed by atoms with Crippen LogP contribution in [0.2, 0.25) is 0 Å². The molecule has 4 atom stereocenters. The number of amides is 7. The third kappa shape index (κ3) is 20.1. The smallest absolute Gasteiger partial charge is 0.369 e. The number of aliphatic hydroxyl groups excluding tert-OH is 1. The lowest BCUT2D eigenvalue weighted by atomic mass is 9.89. The molecular weight excluding hydrogens is 1080 g/mol. The maximum Gasteiger partial charge on any atom is 0.369 e. The van der Waals surface area contributed by atoms with E-state index in [0.29, 0.717) is 37.1 Å². The molecule has 0 aliphatic carbocycles. The molecule has 7 amide bonds. The number of ether oxygens (including phenoxy) is 1. The molecule has 1 aliphatic heterocycles. The Kier molecular flexibility index (Phi) is 24.0. The fraction of sp³-hybridized carbons (Fsp3) is 0.538. The van der Waals surface area contributed by atoms with Crippen molar-refractivity contribution in [3.63, 3.8) is 0 Å². The highest BCUT2D eigenvalue weighted by molar-refractivity contribution is 7.72. The Labute approximate surface area is 464 Å². The van der Waals surface area contributed by atoms with Crippen molar-refractivity contribution in [1.82, 2.24) is 21.3 Å². The number of nitrogens with two attached hydrogens (primary N) is 2. The summed E-state index contributed by atoms with van der Waals surface area (Å²) in [4.78, 5) is 131. The molecule has 26 nitrogen and oxygen atoms in total. The largest absolute Gasteiger partial charge is 0.385 e. The molecule has 2 heterocycles. The van der Waals surface area contributed by atoms with Crippen molar-refractivity contribution in [1.29, 1.82) is 0 Å². The highest BCUT2D eigenvalue weighted by atomic mass is 31.2. The van der Waals surface area contributed by atoms with Crippen LogP contribution >= 0.6 is 15.2 Å². The first kappa shape index (κ1) is 66.3. The van der Waals surface area contributed by atoms with Gasteiger partial charge < -0.3 is 83.2 Å². The topological polar surface area (TPSA) is 424 Å². The summed E-state index contributed by atoms with van der Waals surface area (Å²) >= 11 is 0. The quantitative estimate of drug-likeness (QED) is 0.0291. The molecule has 3 aromatic rings. The molecule has 2 aromatic carbocycles. The van der Waals surface area contributed by atoms with Crippen molar-refractivity contribution in [2.45, 2.75) is 129 Å². The number of anilines is 3. The van der Waals surface area contributed by atoms with Gasteiger partial charge in [0.05, 0.1) is 18.8 Å². The summed E-state index contributed by atoms with van der Waals surface area (Å²) in [6.45, 7) is 11.6. The number of benzene rings is 2. The van der Waals surface area contributed by atoms with Gasteiger partial charge in [-0.25, -0.2) is 4.57 Å². The van der Waals surface area contributed by atoms with Crippen LogP contribution in [0, 0.1) is 16.7 Å². The van der Waals surface area contributed by atoms with E-state index in [0.717, 1.165) is 0 Å². The van der Waals surface area contributed by atoms with Gasteiger partial charge in [-0.05, 0) is 79.1 Å².